The number of carbonyl (C=O) groups excluding carboxylic acids is 4. The molecule has 0 radical (unpaired) electrons. The topological polar surface area (TPSA) is 220 Å². The Morgan fingerprint density at radius 1 is 0.879 bits per heavy atom. The van der Waals surface area contributed by atoms with Crippen LogP contribution in [-0.4, -0.2) is 77.4 Å². The zero-order valence-electron chi connectivity index (χ0n) is 19.5. The van der Waals surface area contributed by atoms with Crippen LogP contribution >= 0.6 is 11.8 Å². The number of carboxylic acid groups (broad SMARTS) is 1. The van der Waals surface area contributed by atoms with Gasteiger partial charge in [0.1, 0.15) is 18.1 Å². The second-order valence-corrected chi connectivity index (χ2v) is 9.01. The van der Waals surface area contributed by atoms with Crippen LogP contribution in [0.1, 0.15) is 46.0 Å². The zero-order chi connectivity index (χ0) is 25.6. The van der Waals surface area contributed by atoms with Gasteiger partial charge < -0.3 is 38.3 Å². The summed E-state index contributed by atoms with van der Waals surface area (Å²) in [6.07, 6.45) is 2.73. The Labute approximate surface area is 198 Å². The number of rotatable bonds is 17. The van der Waals surface area contributed by atoms with Crippen molar-refractivity contribution in [3.63, 3.8) is 0 Å². The van der Waals surface area contributed by atoms with Crippen molar-refractivity contribution < 1.29 is 29.1 Å². The average Bonchev–Trinajstić information content (AvgIpc) is 2.73. The van der Waals surface area contributed by atoms with Crippen LogP contribution in [0.4, 0.5) is 0 Å². The first-order valence-electron chi connectivity index (χ1n) is 10.8. The predicted molar refractivity (Wildman–Crippen MR) is 126 cm³/mol. The molecule has 0 saturated heterocycles. The molecule has 13 heteroatoms. The Kier molecular flexibility index (Phi) is 15.1. The maximum atomic E-state index is 12.9. The van der Waals surface area contributed by atoms with Crippen molar-refractivity contribution in [3.8, 4) is 0 Å². The summed E-state index contributed by atoms with van der Waals surface area (Å²) >= 11 is 1.46. The van der Waals surface area contributed by atoms with Gasteiger partial charge in [-0.3, -0.25) is 19.2 Å². The van der Waals surface area contributed by atoms with E-state index in [-0.39, 0.29) is 18.8 Å². The molecule has 12 nitrogen and oxygen atoms in total. The number of nitrogens with one attached hydrogen (secondary N) is 3. The molecule has 0 bridgehead atoms. The van der Waals surface area contributed by atoms with E-state index in [1.54, 1.807) is 13.8 Å². The Balaban J connectivity index is 5.43. The molecule has 190 valence electrons. The molecule has 4 atom stereocenters. The highest BCUT2D eigenvalue weighted by atomic mass is 32.2. The van der Waals surface area contributed by atoms with Gasteiger partial charge in [-0.2, -0.15) is 11.8 Å². The first kappa shape index (κ1) is 30.6. The first-order chi connectivity index (χ1) is 15.4. The lowest BCUT2D eigenvalue weighted by Gasteiger charge is -2.25. The van der Waals surface area contributed by atoms with Crippen LogP contribution in [0, 0.1) is 5.92 Å². The Bertz CT molecular complexity index is 677. The van der Waals surface area contributed by atoms with E-state index in [1.807, 2.05) is 6.26 Å². The summed E-state index contributed by atoms with van der Waals surface area (Å²) in [5, 5.41) is 16.7. The molecule has 0 rings (SSSR count). The molecular weight excluding hydrogens is 452 g/mol. The van der Waals surface area contributed by atoms with Crippen molar-refractivity contribution in [3.05, 3.63) is 0 Å². The number of carboxylic acids is 1. The zero-order valence-corrected chi connectivity index (χ0v) is 20.3. The summed E-state index contributed by atoms with van der Waals surface area (Å²) in [4.78, 5) is 60.9. The highest BCUT2D eigenvalue weighted by Gasteiger charge is 2.31. The molecule has 0 aromatic rings. The molecular formula is C20H38N6O6S. The van der Waals surface area contributed by atoms with Gasteiger partial charge in [0.25, 0.3) is 0 Å². The van der Waals surface area contributed by atoms with Gasteiger partial charge in [0.15, 0.2) is 0 Å². The molecule has 10 N–H and O–H groups in total. The molecule has 0 aromatic heterocycles. The fraction of sp³-hybridized carbons (Fsp3) is 0.750. The smallest absolute Gasteiger partial charge is 0.326 e. The van der Waals surface area contributed by atoms with Gasteiger partial charge in [-0.25, -0.2) is 4.79 Å². The van der Waals surface area contributed by atoms with E-state index in [4.69, 9.17) is 17.2 Å². The molecule has 0 saturated carbocycles. The van der Waals surface area contributed by atoms with Gasteiger partial charge >= 0.3 is 5.97 Å². The molecule has 0 aromatic carbocycles. The van der Waals surface area contributed by atoms with Gasteiger partial charge in [0.05, 0.1) is 12.5 Å². The minimum Gasteiger partial charge on any atom is -0.480 e. The molecule has 33 heavy (non-hydrogen) atoms. The van der Waals surface area contributed by atoms with E-state index in [0.29, 0.717) is 25.1 Å². The van der Waals surface area contributed by atoms with E-state index in [0.717, 1.165) is 0 Å². The second-order valence-electron chi connectivity index (χ2n) is 8.03. The van der Waals surface area contributed by atoms with Crippen LogP contribution in [0.3, 0.4) is 0 Å². The van der Waals surface area contributed by atoms with Gasteiger partial charge in [0.2, 0.25) is 23.6 Å². The van der Waals surface area contributed by atoms with E-state index in [2.05, 4.69) is 16.0 Å². The molecule has 0 fully saturated rings. The highest BCUT2D eigenvalue weighted by Crippen LogP contribution is 2.06. The third-order valence-electron chi connectivity index (χ3n) is 4.86. The monoisotopic (exact) mass is 490 g/mol. The summed E-state index contributed by atoms with van der Waals surface area (Å²) in [6, 6.07) is -4.45. The highest BCUT2D eigenvalue weighted by molar-refractivity contribution is 7.98. The van der Waals surface area contributed by atoms with Gasteiger partial charge in [-0.1, -0.05) is 13.8 Å². The Morgan fingerprint density at radius 2 is 1.42 bits per heavy atom. The van der Waals surface area contributed by atoms with Crippen molar-refractivity contribution in [2.45, 2.75) is 70.1 Å². The number of nitrogens with two attached hydrogens (primary N) is 3. The maximum Gasteiger partial charge on any atom is 0.326 e. The standard InChI is InChI=1S/C20H38N6O6S/c1-11(2)16(23)19(30)24-12(7-9-33-3)17(28)26-14(10-15(22)27)18(29)25-13(20(31)32)6-4-5-8-21/h11-14,16H,4-10,21,23H2,1-3H3,(H2,22,27)(H,24,30)(H,25,29)(H,26,28)(H,31,32). The molecule has 4 unspecified atom stereocenters. The Hall–Kier alpha value is -2.38. The van der Waals surface area contributed by atoms with Crippen LogP contribution in [-0.2, 0) is 24.0 Å². The third kappa shape index (κ3) is 12.4. The Morgan fingerprint density at radius 3 is 1.91 bits per heavy atom. The molecule has 0 heterocycles. The van der Waals surface area contributed by atoms with Gasteiger partial charge in [-0.05, 0) is 50.2 Å². The van der Waals surface area contributed by atoms with Crippen molar-refractivity contribution in [1.82, 2.24) is 16.0 Å². The molecule has 0 aliphatic carbocycles. The van der Waals surface area contributed by atoms with E-state index in [1.165, 1.54) is 11.8 Å². The molecule has 0 spiro atoms. The SMILES string of the molecule is CSCCC(NC(=O)C(N)C(C)C)C(=O)NC(CC(N)=O)C(=O)NC(CCCCN)C(=O)O. The summed E-state index contributed by atoms with van der Waals surface area (Å²) in [7, 11) is 0. The van der Waals surface area contributed by atoms with E-state index in [9.17, 15) is 29.1 Å². The summed E-state index contributed by atoms with van der Waals surface area (Å²) in [5.74, 6) is -3.83. The van der Waals surface area contributed by atoms with Crippen molar-refractivity contribution in [2.75, 3.05) is 18.6 Å². The second kappa shape index (κ2) is 16.3. The summed E-state index contributed by atoms with van der Waals surface area (Å²) in [6.45, 7) is 3.91. The maximum absolute atomic E-state index is 12.9. The fourth-order valence-corrected chi connectivity index (χ4v) is 3.25. The van der Waals surface area contributed by atoms with Crippen LogP contribution in [0.25, 0.3) is 0 Å². The lowest BCUT2D eigenvalue weighted by Crippen LogP contribution is -2.58. The van der Waals surface area contributed by atoms with E-state index < -0.39 is 60.2 Å². The van der Waals surface area contributed by atoms with Gasteiger partial charge in [0, 0.05) is 0 Å². The number of primary amides is 1. The number of aliphatic carboxylic acids is 1. The van der Waals surface area contributed by atoms with Gasteiger partial charge in [-0.15, -0.1) is 0 Å². The van der Waals surface area contributed by atoms with Crippen LogP contribution < -0.4 is 33.2 Å². The number of amides is 4. The number of thioether (sulfide) groups is 1. The van der Waals surface area contributed by atoms with Crippen molar-refractivity contribution in [1.29, 1.82) is 0 Å². The predicted octanol–water partition coefficient (Wildman–Crippen LogP) is -1.73. The average molecular weight is 491 g/mol. The van der Waals surface area contributed by atoms with Crippen LogP contribution in [0.15, 0.2) is 0 Å². The van der Waals surface area contributed by atoms with Crippen molar-refractivity contribution in [2.24, 2.45) is 23.1 Å². The largest absolute Gasteiger partial charge is 0.480 e. The lowest BCUT2D eigenvalue weighted by molar-refractivity contribution is -0.142. The minimum absolute atomic E-state index is 0.134. The number of hydrogen-bond donors (Lipinski definition) is 7. The fourth-order valence-electron chi connectivity index (χ4n) is 2.78. The normalized spacial score (nSPS) is 14.6. The number of hydrogen-bond acceptors (Lipinski definition) is 8. The van der Waals surface area contributed by atoms with Crippen LogP contribution in [0.5, 0.6) is 0 Å². The minimum atomic E-state index is -1.40. The molecule has 0 aliphatic rings. The summed E-state index contributed by atoms with van der Waals surface area (Å²) in [5.41, 5.74) is 16.5. The molecule has 4 amide bonds. The van der Waals surface area contributed by atoms with E-state index >= 15 is 0 Å². The summed E-state index contributed by atoms with van der Waals surface area (Å²) < 4.78 is 0. The number of carbonyl (C=O) groups is 5. The van der Waals surface area contributed by atoms with Crippen molar-refractivity contribution >= 4 is 41.4 Å². The lowest BCUT2D eigenvalue weighted by atomic mass is 10.0. The quantitative estimate of drug-likeness (QED) is 0.115. The van der Waals surface area contributed by atoms with Crippen LogP contribution in [0.2, 0.25) is 0 Å². The first-order valence-corrected chi connectivity index (χ1v) is 12.2. The third-order valence-corrected chi connectivity index (χ3v) is 5.51. The molecule has 0 aliphatic heterocycles. The number of unbranched alkanes of at least 4 members (excludes halogenated alkanes) is 1.